The van der Waals surface area contributed by atoms with Crippen LogP contribution >= 0.6 is 0 Å². The summed E-state index contributed by atoms with van der Waals surface area (Å²) in [6.45, 7) is 3.42. The van der Waals surface area contributed by atoms with E-state index >= 15 is 0 Å². The molecular weight excluding hydrogens is 402 g/mol. The van der Waals surface area contributed by atoms with Gasteiger partial charge in [-0.1, -0.05) is 6.07 Å². The number of nitrogens with zero attached hydrogens (tertiary/aromatic N) is 1. The molecule has 30 heavy (non-hydrogen) atoms. The third-order valence-electron chi connectivity index (χ3n) is 5.66. The highest BCUT2D eigenvalue weighted by atomic mass is 32.2. The number of benzene rings is 2. The summed E-state index contributed by atoms with van der Waals surface area (Å²) in [5.74, 6) is 0.794. The molecule has 3 aromatic rings. The van der Waals surface area contributed by atoms with Crippen molar-refractivity contribution in [3.63, 3.8) is 0 Å². The minimum Gasteiger partial charge on any atom is -0.768 e. The van der Waals surface area contributed by atoms with Crippen molar-refractivity contribution in [1.82, 2.24) is 10.3 Å². The minimum atomic E-state index is -2.26. The van der Waals surface area contributed by atoms with Crippen LogP contribution in [0.5, 0.6) is 5.75 Å². The molecule has 0 aliphatic carbocycles. The smallest absolute Gasteiger partial charge is 0.119 e. The molecule has 160 valence electrons. The van der Waals surface area contributed by atoms with E-state index in [0.717, 1.165) is 59.6 Å². The van der Waals surface area contributed by atoms with Gasteiger partial charge >= 0.3 is 0 Å². The first-order valence-electron chi connectivity index (χ1n) is 9.96. The lowest BCUT2D eigenvalue weighted by atomic mass is 9.98. The van der Waals surface area contributed by atoms with Gasteiger partial charge in [0.25, 0.3) is 0 Å². The molecule has 7 nitrogen and oxygen atoms in total. The number of H-pyrrole nitrogens is 1. The molecule has 1 aliphatic rings. The molecule has 8 heteroatoms. The van der Waals surface area contributed by atoms with Crippen LogP contribution in [0.25, 0.3) is 10.9 Å². The molecule has 0 saturated carbocycles. The fourth-order valence-corrected chi connectivity index (χ4v) is 4.44. The van der Waals surface area contributed by atoms with E-state index in [2.05, 4.69) is 15.2 Å². The summed E-state index contributed by atoms with van der Waals surface area (Å²) < 4.78 is 34.4. The van der Waals surface area contributed by atoms with Crippen LogP contribution in [0.4, 0.5) is 5.69 Å². The third-order valence-corrected chi connectivity index (χ3v) is 6.30. The van der Waals surface area contributed by atoms with E-state index in [1.807, 2.05) is 30.5 Å². The van der Waals surface area contributed by atoms with Crippen molar-refractivity contribution in [2.45, 2.75) is 17.4 Å². The van der Waals surface area contributed by atoms with Gasteiger partial charge < -0.3 is 29.2 Å². The Morgan fingerprint density at radius 1 is 1.17 bits per heavy atom. The largest absolute Gasteiger partial charge is 0.768 e. The number of hydrogen-bond acceptors (Lipinski definition) is 6. The van der Waals surface area contributed by atoms with E-state index in [-0.39, 0.29) is 6.10 Å². The van der Waals surface area contributed by atoms with Gasteiger partial charge in [0.1, 0.15) is 5.75 Å². The zero-order valence-electron chi connectivity index (χ0n) is 17.1. The third kappa shape index (κ3) is 4.22. The standard InChI is InChI=1S/C22H27N3O4S/c1-28-16-4-6-20-18(12-16)19(14-24-20)22(29-2)11-15-3-5-17(30(26)27)13-21(15)25-9-7-23-8-10-25/h3-6,12-14,22-24H,7-11H2,1-2H3,(H,26,27)/p-1. The molecule has 1 fully saturated rings. The molecular formula is C22H26N3O4S-. The molecule has 1 saturated heterocycles. The Hall–Kier alpha value is -2.39. The van der Waals surface area contributed by atoms with Crippen molar-refractivity contribution in [2.75, 3.05) is 45.3 Å². The number of nitrogens with one attached hydrogen (secondary N) is 2. The van der Waals surface area contributed by atoms with Crippen molar-refractivity contribution in [3.05, 3.63) is 53.7 Å². The SMILES string of the molecule is COc1ccc2[nH]cc(C(Cc3ccc(S(=O)[O-])cc3N3CCNCC3)OC)c2c1. The Morgan fingerprint density at radius 2 is 1.97 bits per heavy atom. The van der Waals surface area contributed by atoms with Gasteiger partial charge in [-0.2, -0.15) is 0 Å². The number of piperazine rings is 1. The van der Waals surface area contributed by atoms with Gasteiger partial charge in [-0.05, 0) is 47.0 Å². The number of rotatable bonds is 7. The summed E-state index contributed by atoms with van der Waals surface area (Å²) in [7, 11) is 3.36. The Kier molecular flexibility index (Phi) is 6.38. The highest BCUT2D eigenvalue weighted by Gasteiger charge is 2.21. The predicted octanol–water partition coefficient (Wildman–Crippen LogP) is 2.75. The summed E-state index contributed by atoms with van der Waals surface area (Å²) in [6, 6.07) is 11.3. The minimum absolute atomic E-state index is 0.184. The van der Waals surface area contributed by atoms with E-state index in [0.29, 0.717) is 11.3 Å². The van der Waals surface area contributed by atoms with Crippen LogP contribution in [-0.4, -0.2) is 54.1 Å². The number of fused-ring (bicyclic) bond motifs is 1. The first-order chi connectivity index (χ1) is 14.6. The van der Waals surface area contributed by atoms with Crippen molar-refractivity contribution in [3.8, 4) is 5.75 Å². The van der Waals surface area contributed by atoms with Crippen LogP contribution in [0.2, 0.25) is 0 Å². The maximum absolute atomic E-state index is 11.5. The number of methoxy groups -OCH3 is 2. The van der Waals surface area contributed by atoms with Crippen molar-refractivity contribution in [2.24, 2.45) is 0 Å². The Balaban J connectivity index is 1.70. The lowest BCUT2D eigenvalue weighted by Crippen LogP contribution is -2.44. The number of hydrogen-bond donors (Lipinski definition) is 2. The monoisotopic (exact) mass is 428 g/mol. The van der Waals surface area contributed by atoms with Crippen LogP contribution in [0.3, 0.4) is 0 Å². The molecule has 2 unspecified atom stereocenters. The summed E-state index contributed by atoms with van der Waals surface area (Å²) in [4.78, 5) is 5.85. The van der Waals surface area contributed by atoms with Crippen LogP contribution in [-0.2, 0) is 22.2 Å². The lowest BCUT2D eigenvalue weighted by Gasteiger charge is -2.32. The molecule has 0 spiro atoms. The molecule has 0 radical (unpaired) electrons. The zero-order valence-corrected chi connectivity index (χ0v) is 18.0. The van der Waals surface area contributed by atoms with E-state index in [1.165, 1.54) is 0 Å². The fourth-order valence-electron chi connectivity index (χ4n) is 4.05. The van der Waals surface area contributed by atoms with Crippen molar-refractivity contribution in [1.29, 1.82) is 0 Å². The Bertz CT molecular complexity index is 1050. The average Bonchev–Trinajstić information content (AvgIpc) is 3.21. The second kappa shape index (κ2) is 9.18. The highest BCUT2D eigenvalue weighted by molar-refractivity contribution is 7.79. The first kappa shape index (κ1) is 20.9. The zero-order chi connectivity index (χ0) is 21.1. The topological polar surface area (TPSA) is 89.7 Å². The Labute approximate surface area is 178 Å². The highest BCUT2D eigenvalue weighted by Crippen LogP contribution is 2.34. The van der Waals surface area contributed by atoms with Gasteiger partial charge in [-0.3, -0.25) is 4.21 Å². The summed E-state index contributed by atoms with van der Waals surface area (Å²) in [6.07, 6.45) is 2.42. The molecule has 0 amide bonds. The number of ether oxygens (including phenoxy) is 2. The van der Waals surface area contributed by atoms with Gasteiger partial charge in [0.2, 0.25) is 0 Å². The normalized spacial score (nSPS) is 16.6. The van der Waals surface area contributed by atoms with Crippen LogP contribution in [0.1, 0.15) is 17.2 Å². The molecule has 2 N–H and O–H groups in total. The Morgan fingerprint density at radius 3 is 2.67 bits per heavy atom. The molecule has 4 rings (SSSR count). The number of aromatic amines is 1. The summed E-state index contributed by atoms with van der Waals surface area (Å²) >= 11 is -2.26. The number of aromatic nitrogens is 1. The average molecular weight is 429 g/mol. The summed E-state index contributed by atoms with van der Waals surface area (Å²) in [5, 5.41) is 4.40. The van der Waals surface area contributed by atoms with E-state index in [4.69, 9.17) is 9.47 Å². The maximum Gasteiger partial charge on any atom is 0.119 e. The lowest BCUT2D eigenvalue weighted by molar-refractivity contribution is 0.105. The predicted molar refractivity (Wildman–Crippen MR) is 117 cm³/mol. The molecule has 1 aliphatic heterocycles. The van der Waals surface area contributed by atoms with Gasteiger partial charge in [0.15, 0.2) is 0 Å². The second-order valence-electron chi connectivity index (χ2n) is 7.35. The van der Waals surface area contributed by atoms with Gasteiger partial charge in [0.05, 0.1) is 13.2 Å². The second-order valence-corrected chi connectivity index (χ2v) is 8.29. The molecule has 2 heterocycles. The van der Waals surface area contributed by atoms with Crippen molar-refractivity contribution < 1.29 is 18.2 Å². The van der Waals surface area contributed by atoms with Crippen LogP contribution in [0.15, 0.2) is 47.5 Å². The molecule has 2 atom stereocenters. The van der Waals surface area contributed by atoms with Gasteiger partial charge in [0, 0.05) is 73.0 Å². The molecule has 2 aromatic carbocycles. The van der Waals surface area contributed by atoms with E-state index in [9.17, 15) is 8.76 Å². The number of anilines is 1. The quantitative estimate of drug-likeness (QED) is 0.563. The van der Waals surface area contributed by atoms with Crippen LogP contribution < -0.4 is 15.0 Å². The summed E-state index contributed by atoms with van der Waals surface area (Å²) in [5.41, 5.74) is 4.09. The molecule has 0 bridgehead atoms. The van der Waals surface area contributed by atoms with Gasteiger partial charge in [-0.25, -0.2) is 0 Å². The molecule has 1 aromatic heterocycles. The fraction of sp³-hybridized carbons (Fsp3) is 0.364. The van der Waals surface area contributed by atoms with E-state index < -0.39 is 11.1 Å². The van der Waals surface area contributed by atoms with Crippen molar-refractivity contribution >= 4 is 27.7 Å². The first-order valence-corrected chi connectivity index (χ1v) is 11.0. The maximum atomic E-state index is 11.5. The van der Waals surface area contributed by atoms with Gasteiger partial charge in [-0.15, -0.1) is 0 Å². The van der Waals surface area contributed by atoms with Crippen LogP contribution in [0, 0.1) is 0 Å². The van der Waals surface area contributed by atoms with E-state index in [1.54, 1.807) is 26.4 Å².